The number of hydrogen-bond acceptors (Lipinski definition) is 5. The molecule has 2 heterocycles. The van der Waals surface area contributed by atoms with Crippen LogP contribution >= 0.6 is 11.3 Å². The summed E-state index contributed by atoms with van der Waals surface area (Å²) in [6.45, 7) is 6.34. The van der Waals surface area contributed by atoms with Crippen LogP contribution in [0.4, 0.5) is 0 Å². The predicted octanol–water partition coefficient (Wildman–Crippen LogP) is 1.27. The number of carbonyl (C=O) groups is 2. The van der Waals surface area contributed by atoms with Crippen LogP contribution in [0.15, 0.2) is 5.38 Å². The standard InChI is InChI=1S/C16H26N4O2S/c1-11(2)8-14-19-13(10-23-14)16(22)20-7-3-4-12(9-20)15(21)18-6-5-17/h10-12H,3-9,17H2,1-2H3,(H,18,21). The summed E-state index contributed by atoms with van der Waals surface area (Å²) in [5, 5.41) is 5.64. The Hall–Kier alpha value is -1.47. The van der Waals surface area contributed by atoms with Gasteiger partial charge in [-0.1, -0.05) is 13.8 Å². The molecule has 1 aromatic rings. The molecule has 1 atom stereocenters. The molecule has 0 saturated carbocycles. The van der Waals surface area contributed by atoms with Crippen LogP contribution in [-0.2, 0) is 11.2 Å². The van der Waals surface area contributed by atoms with Crippen LogP contribution in [0.3, 0.4) is 0 Å². The normalized spacial score (nSPS) is 18.3. The summed E-state index contributed by atoms with van der Waals surface area (Å²) in [6, 6.07) is 0. The van der Waals surface area contributed by atoms with Gasteiger partial charge in [0.1, 0.15) is 5.69 Å². The Kier molecular flexibility index (Phi) is 6.53. The van der Waals surface area contributed by atoms with Gasteiger partial charge in [0, 0.05) is 38.0 Å². The van der Waals surface area contributed by atoms with Gasteiger partial charge < -0.3 is 16.0 Å². The zero-order valence-electron chi connectivity index (χ0n) is 13.9. The van der Waals surface area contributed by atoms with Crippen molar-refractivity contribution in [2.45, 2.75) is 33.1 Å². The highest BCUT2D eigenvalue weighted by atomic mass is 32.1. The molecule has 1 unspecified atom stereocenters. The molecule has 1 aliphatic rings. The number of nitrogens with one attached hydrogen (secondary N) is 1. The van der Waals surface area contributed by atoms with Crippen molar-refractivity contribution in [3.05, 3.63) is 16.1 Å². The Morgan fingerprint density at radius 1 is 1.52 bits per heavy atom. The van der Waals surface area contributed by atoms with E-state index in [1.807, 2.05) is 5.38 Å². The third kappa shape index (κ3) is 5.00. The van der Waals surface area contributed by atoms with Gasteiger partial charge in [-0.05, 0) is 18.8 Å². The van der Waals surface area contributed by atoms with Gasteiger partial charge >= 0.3 is 0 Å². The minimum atomic E-state index is -0.145. The van der Waals surface area contributed by atoms with Crippen LogP contribution in [0.2, 0.25) is 0 Å². The van der Waals surface area contributed by atoms with E-state index < -0.39 is 0 Å². The zero-order valence-corrected chi connectivity index (χ0v) is 14.7. The second kappa shape index (κ2) is 8.40. The number of amides is 2. The summed E-state index contributed by atoms with van der Waals surface area (Å²) in [6.07, 6.45) is 2.55. The molecule has 2 rings (SSSR count). The van der Waals surface area contributed by atoms with Crippen molar-refractivity contribution in [3.63, 3.8) is 0 Å². The molecule has 7 heteroatoms. The Balaban J connectivity index is 1.96. The van der Waals surface area contributed by atoms with Crippen molar-refractivity contribution < 1.29 is 9.59 Å². The third-order valence-electron chi connectivity index (χ3n) is 3.88. The highest BCUT2D eigenvalue weighted by Crippen LogP contribution is 2.20. The average molecular weight is 338 g/mol. The second-order valence-corrected chi connectivity index (χ2v) is 7.34. The Morgan fingerprint density at radius 2 is 2.30 bits per heavy atom. The maximum Gasteiger partial charge on any atom is 0.273 e. The monoisotopic (exact) mass is 338 g/mol. The quantitative estimate of drug-likeness (QED) is 0.817. The van der Waals surface area contributed by atoms with E-state index in [1.165, 1.54) is 11.3 Å². The lowest BCUT2D eigenvalue weighted by Gasteiger charge is -2.31. The van der Waals surface area contributed by atoms with Crippen molar-refractivity contribution in [3.8, 4) is 0 Å². The van der Waals surface area contributed by atoms with Gasteiger partial charge in [0.25, 0.3) is 5.91 Å². The van der Waals surface area contributed by atoms with Gasteiger partial charge in [-0.25, -0.2) is 4.98 Å². The molecule has 0 aromatic carbocycles. The molecule has 2 amide bonds. The van der Waals surface area contributed by atoms with Crippen molar-refractivity contribution >= 4 is 23.2 Å². The van der Waals surface area contributed by atoms with Crippen LogP contribution in [0.1, 0.15) is 42.2 Å². The smallest absolute Gasteiger partial charge is 0.273 e. The minimum Gasteiger partial charge on any atom is -0.355 e. The number of hydrogen-bond donors (Lipinski definition) is 2. The van der Waals surface area contributed by atoms with Gasteiger partial charge in [0.05, 0.1) is 10.9 Å². The third-order valence-corrected chi connectivity index (χ3v) is 4.75. The number of thiazole rings is 1. The highest BCUT2D eigenvalue weighted by molar-refractivity contribution is 7.09. The molecule has 0 aliphatic carbocycles. The summed E-state index contributed by atoms with van der Waals surface area (Å²) in [5.74, 6) is 0.307. The summed E-state index contributed by atoms with van der Waals surface area (Å²) >= 11 is 1.54. The highest BCUT2D eigenvalue weighted by Gasteiger charge is 2.29. The fraction of sp³-hybridized carbons (Fsp3) is 0.688. The molecule has 128 valence electrons. The Labute approximate surface area is 141 Å². The summed E-state index contributed by atoms with van der Waals surface area (Å²) in [4.78, 5) is 30.9. The topological polar surface area (TPSA) is 88.3 Å². The van der Waals surface area contributed by atoms with Gasteiger partial charge in [-0.15, -0.1) is 11.3 Å². The van der Waals surface area contributed by atoms with Crippen LogP contribution in [-0.4, -0.2) is 47.9 Å². The summed E-state index contributed by atoms with van der Waals surface area (Å²) in [5.41, 5.74) is 5.92. The van der Waals surface area contributed by atoms with Crippen molar-refractivity contribution in [1.82, 2.24) is 15.2 Å². The lowest BCUT2D eigenvalue weighted by molar-refractivity contribution is -0.126. The number of carbonyl (C=O) groups excluding carboxylic acids is 2. The molecule has 1 saturated heterocycles. The predicted molar refractivity (Wildman–Crippen MR) is 91.3 cm³/mol. The number of rotatable bonds is 6. The minimum absolute atomic E-state index is 0.00766. The van der Waals surface area contributed by atoms with Crippen LogP contribution in [0.25, 0.3) is 0 Å². The number of nitrogens with two attached hydrogens (primary N) is 1. The van der Waals surface area contributed by atoms with Gasteiger partial charge in [-0.3, -0.25) is 9.59 Å². The van der Waals surface area contributed by atoms with Crippen LogP contribution < -0.4 is 11.1 Å². The molecule has 0 spiro atoms. The molecule has 3 N–H and O–H groups in total. The summed E-state index contributed by atoms with van der Waals surface area (Å²) in [7, 11) is 0. The molecular weight excluding hydrogens is 312 g/mol. The first-order chi connectivity index (χ1) is 11.0. The number of aromatic nitrogens is 1. The first kappa shape index (κ1) is 17.9. The molecular formula is C16H26N4O2S. The first-order valence-corrected chi connectivity index (χ1v) is 9.10. The lowest BCUT2D eigenvalue weighted by Crippen LogP contribution is -2.46. The van der Waals surface area contributed by atoms with Crippen molar-refractivity contribution in [1.29, 1.82) is 0 Å². The SMILES string of the molecule is CC(C)Cc1nc(C(=O)N2CCCC(C(=O)NCCN)C2)cs1. The van der Waals surface area contributed by atoms with Crippen molar-refractivity contribution in [2.75, 3.05) is 26.2 Å². The van der Waals surface area contributed by atoms with Gasteiger partial charge in [0.15, 0.2) is 0 Å². The van der Waals surface area contributed by atoms with E-state index in [0.717, 1.165) is 24.3 Å². The molecule has 6 nitrogen and oxygen atoms in total. The largest absolute Gasteiger partial charge is 0.355 e. The van der Waals surface area contributed by atoms with Crippen LogP contribution in [0.5, 0.6) is 0 Å². The maximum absolute atomic E-state index is 12.6. The molecule has 0 bridgehead atoms. The Bertz CT molecular complexity index is 544. The summed E-state index contributed by atoms with van der Waals surface area (Å²) < 4.78 is 0. The number of likely N-dealkylation sites (tertiary alicyclic amines) is 1. The number of piperidine rings is 1. The lowest BCUT2D eigenvalue weighted by atomic mass is 9.97. The van der Waals surface area contributed by atoms with Gasteiger partial charge in [0.2, 0.25) is 5.91 Å². The number of nitrogens with zero attached hydrogens (tertiary/aromatic N) is 2. The Morgan fingerprint density at radius 3 is 3.00 bits per heavy atom. The van der Waals surface area contributed by atoms with E-state index in [4.69, 9.17) is 5.73 Å². The van der Waals surface area contributed by atoms with Crippen molar-refractivity contribution in [2.24, 2.45) is 17.6 Å². The molecule has 1 fully saturated rings. The molecule has 1 aliphatic heterocycles. The molecule has 0 radical (unpaired) electrons. The fourth-order valence-electron chi connectivity index (χ4n) is 2.73. The second-order valence-electron chi connectivity index (χ2n) is 6.39. The fourth-order valence-corrected chi connectivity index (χ4v) is 3.71. The molecule has 23 heavy (non-hydrogen) atoms. The van der Waals surface area contributed by atoms with E-state index in [1.54, 1.807) is 4.90 Å². The van der Waals surface area contributed by atoms with E-state index >= 15 is 0 Å². The van der Waals surface area contributed by atoms with Gasteiger partial charge in [-0.2, -0.15) is 0 Å². The van der Waals surface area contributed by atoms with Crippen LogP contribution in [0, 0.1) is 11.8 Å². The van der Waals surface area contributed by atoms with E-state index in [-0.39, 0.29) is 17.7 Å². The maximum atomic E-state index is 12.6. The first-order valence-electron chi connectivity index (χ1n) is 8.22. The van der Waals surface area contributed by atoms with E-state index in [9.17, 15) is 9.59 Å². The van der Waals surface area contributed by atoms with E-state index in [0.29, 0.717) is 37.8 Å². The average Bonchev–Trinajstić information content (AvgIpc) is 2.99. The molecule has 1 aromatic heterocycles. The zero-order chi connectivity index (χ0) is 16.8. The van der Waals surface area contributed by atoms with E-state index in [2.05, 4.69) is 24.1 Å².